The van der Waals surface area contributed by atoms with Gasteiger partial charge in [0.1, 0.15) is 23.7 Å². The first kappa shape index (κ1) is 45.5. The Hall–Kier alpha value is -4.56. The number of hydrogen-bond donors (Lipinski definition) is 4. The van der Waals surface area contributed by atoms with Crippen LogP contribution in [-0.2, 0) is 54.2 Å². The summed E-state index contributed by atoms with van der Waals surface area (Å²) in [6, 6.07) is 11.6. The number of rotatable bonds is 17. The maximum Gasteiger partial charge on any atom is 0.508 e. The summed E-state index contributed by atoms with van der Waals surface area (Å²) in [6.07, 6.45) is 6.70. The lowest BCUT2D eigenvalue weighted by Crippen LogP contribution is -2.28. The van der Waals surface area contributed by atoms with Gasteiger partial charge in [-0.1, -0.05) is 38.1 Å². The first-order valence-corrected chi connectivity index (χ1v) is 21.2. The van der Waals surface area contributed by atoms with Gasteiger partial charge < -0.3 is 48.8 Å². The van der Waals surface area contributed by atoms with Gasteiger partial charge >= 0.3 is 24.2 Å². The maximum atomic E-state index is 11.6. The molecule has 4 N–H and O–H groups in total. The molecule has 14 heteroatoms. The van der Waals surface area contributed by atoms with Gasteiger partial charge in [0.05, 0.1) is 25.9 Å². The van der Waals surface area contributed by atoms with Crippen molar-refractivity contribution in [3.8, 4) is 11.5 Å². The predicted molar refractivity (Wildman–Crippen MR) is 214 cm³/mol. The Morgan fingerprint density at radius 2 is 1.10 bits per heavy atom. The summed E-state index contributed by atoms with van der Waals surface area (Å²) in [5.41, 5.74) is 4.49. The van der Waals surface area contributed by atoms with Crippen LogP contribution < -0.4 is 9.47 Å². The second kappa shape index (κ2) is 21.6. The number of methoxy groups -OCH3 is 1. The average molecular weight is 827 g/mol. The highest BCUT2D eigenvalue weighted by Crippen LogP contribution is 2.50. The number of benzene rings is 2. The van der Waals surface area contributed by atoms with E-state index in [2.05, 4.69) is 16.9 Å². The molecule has 0 unspecified atom stereocenters. The Morgan fingerprint density at radius 3 is 1.49 bits per heavy atom. The summed E-state index contributed by atoms with van der Waals surface area (Å²) in [7, 11) is 1.30. The lowest BCUT2D eigenvalue weighted by Gasteiger charge is -2.32. The summed E-state index contributed by atoms with van der Waals surface area (Å²) >= 11 is 0. The van der Waals surface area contributed by atoms with Gasteiger partial charge in [0.2, 0.25) is 0 Å². The Morgan fingerprint density at radius 1 is 0.661 bits per heavy atom. The van der Waals surface area contributed by atoms with Gasteiger partial charge in [0, 0.05) is 0 Å². The molecule has 2 aromatic carbocycles. The number of fused-ring (bicyclic) bond motifs is 4. The quantitative estimate of drug-likeness (QED) is 0.121. The van der Waals surface area contributed by atoms with Gasteiger partial charge in [-0.05, 0) is 154 Å². The monoisotopic (exact) mass is 826 g/mol. The van der Waals surface area contributed by atoms with Gasteiger partial charge in [-0.2, -0.15) is 0 Å². The normalized spacial score (nSPS) is 25.9. The van der Waals surface area contributed by atoms with Crippen LogP contribution in [0.15, 0.2) is 36.4 Å². The molecule has 4 aliphatic rings. The van der Waals surface area contributed by atoms with E-state index in [9.17, 15) is 29.4 Å². The van der Waals surface area contributed by atoms with Crippen LogP contribution in [0.2, 0.25) is 0 Å². The van der Waals surface area contributed by atoms with E-state index in [0.29, 0.717) is 60.9 Å². The SMILES string of the molecule is CCOC(=O)O[C@@H](CC)CC[C@@H]1[C@H]2Cc3cccc(OCC(=O)O)c3C[C@H]2C[C@H]1O.CC[C@@H](CC[C@@H]1[C@H]2Cc3cccc(OCC(=O)O)c3C[C@H]2C[C@H]1O)OC(=O)OC. The molecule has 2 fully saturated rings. The van der Waals surface area contributed by atoms with Gasteiger partial charge in [-0.15, -0.1) is 0 Å². The zero-order chi connectivity index (χ0) is 42.6. The minimum Gasteiger partial charge on any atom is -0.482 e. The van der Waals surface area contributed by atoms with E-state index >= 15 is 0 Å². The molecule has 0 saturated heterocycles. The number of carbonyl (C=O) groups is 4. The zero-order valence-electron chi connectivity index (χ0n) is 34.7. The Balaban J connectivity index is 0.000000224. The van der Waals surface area contributed by atoms with Crippen LogP contribution in [0.5, 0.6) is 11.5 Å². The molecule has 2 saturated carbocycles. The molecule has 0 heterocycles. The third kappa shape index (κ3) is 12.0. The smallest absolute Gasteiger partial charge is 0.482 e. The molecule has 59 heavy (non-hydrogen) atoms. The average Bonchev–Trinajstić information content (AvgIpc) is 3.69. The predicted octanol–water partition coefficient (Wildman–Crippen LogP) is 6.80. The number of aliphatic hydroxyl groups excluding tert-OH is 2. The molecule has 0 spiro atoms. The van der Waals surface area contributed by atoms with Crippen molar-refractivity contribution < 1.29 is 68.0 Å². The van der Waals surface area contributed by atoms with Crippen LogP contribution in [0.3, 0.4) is 0 Å². The van der Waals surface area contributed by atoms with Crippen molar-refractivity contribution in [2.24, 2.45) is 35.5 Å². The van der Waals surface area contributed by atoms with Crippen molar-refractivity contribution in [2.45, 2.75) is 122 Å². The summed E-state index contributed by atoms with van der Waals surface area (Å²) in [5, 5.41) is 39.3. The van der Waals surface area contributed by atoms with Gasteiger partial charge in [-0.25, -0.2) is 19.2 Å². The third-order valence-corrected chi connectivity index (χ3v) is 12.9. The third-order valence-electron chi connectivity index (χ3n) is 12.9. The van der Waals surface area contributed by atoms with Gasteiger partial charge in [0.25, 0.3) is 0 Å². The summed E-state index contributed by atoms with van der Waals surface area (Å²) in [6.45, 7) is 5.28. The minimum atomic E-state index is -0.993. The number of ether oxygens (including phenoxy) is 6. The highest BCUT2D eigenvalue weighted by Gasteiger charge is 2.46. The van der Waals surface area contributed by atoms with Crippen molar-refractivity contribution in [3.05, 3.63) is 58.7 Å². The first-order chi connectivity index (χ1) is 28.3. The molecule has 0 bridgehead atoms. The van der Waals surface area contributed by atoms with Crippen LogP contribution in [0.25, 0.3) is 0 Å². The molecule has 2 aromatic rings. The molecule has 0 radical (unpaired) electrons. The molecule has 0 amide bonds. The zero-order valence-corrected chi connectivity index (χ0v) is 34.7. The number of hydrogen-bond acceptors (Lipinski definition) is 12. The fourth-order valence-electron chi connectivity index (χ4n) is 10.1. The fourth-order valence-corrected chi connectivity index (χ4v) is 10.1. The van der Waals surface area contributed by atoms with E-state index in [1.165, 1.54) is 18.2 Å². The number of carboxylic acid groups (broad SMARTS) is 2. The lowest BCUT2D eigenvalue weighted by molar-refractivity contribution is -0.140. The van der Waals surface area contributed by atoms with E-state index in [0.717, 1.165) is 62.5 Å². The number of aliphatic hydroxyl groups is 2. The standard InChI is InChI=1S/C23H32O7.C22H30O7/c1-3-16(30-23(27)28-4-2)8-9-17-18-10-14-6-5-7-21(29-13-22(25)26)19(14)11-15(18)12-20(17)24;1-3-15(29-22(26)27-2)7-8-16-17-9-13-5-4-6-20(28-12-21(24)25)18(13)10-14(17)11-19(16)23/h5-7,15-18,20,24H,3-4,8-13H2,1-2H3,(H,25,26);4-6,14-17,19,23H,3,7-12H2,1-2H3,(H,24,25)/t15-,16-,17+,18-,20+;14-,15-,16+,17-,19+/m00/s1. The molecular weight excluding hydrogens is 764 g/mol. The van der Waals surface area contributed by atoms with Gasteiger partial charge in [0.15, 0.2) is 13.2 Å². The van der Waals surface area contributed by atoms with E-state index in [1.807, 2.05) is 38.1 Å². The Labute approximate surface area is 346 Å². The molecule has 0 aromatic heterocycles. The van der Waals surface area contributed by atoms with E-state index in [1.54, 1.807) is 6.92 Å². The van der Waals surface area contributed by atoms with E-state index in [-0.39, 0.29) is 56.1 Å². The molecule has 14 nitrogen and oxygen atoms in total. The van der Waals surface area contributed by atoms with E-state index in [4.69, 9.17) is 33.9 Å². The molecular formula is C45H62O14. The van der Waals surface area contributed by atoms with Crippen molar-refractivity contribution in [3.63, 3.8) is 0 Å². The fraction of sp³-hybridized carbons (Fsp3) is 0.644. The summed E-state index contributed by atoms with van der Waals surface area (Å²) < 4.78 is 31.1. The number of carboxylic acids is 2. The van der Waals surface area contributed by atoms with Crippen LogP contribution in [0.4, 0.5) is 9.59 Å². The first-order valence-electron chi connectivity index (χ1n) is 21.2. The second-order valence-corrected chi connectivity index (χ2v) is 16.3. The number of carbonyl (C=O) groups excluding carboxylic acids is 2. The summed E-state index contributed by atoms with van der Waals surface area (Å²) in [5.74, 6) is 1.03. The van der Waals surface area contributed by atoms with Crippen LogP contribution >= 0.6 is 0 Å². The topological polar surface area (TPSA) is 205 Å². The Kier molecular flexibility index (Phi) is 16.7. The molecule has 6 rings (SSSR count). The van der Waals surface area contributed by atoms with Crippen molar-refractivity contribution in [1.29, 1.82) is 0 Å². The highest BCUT2D eigenvalue weighted by atomic mass is 16.7. The number of aliphatic carboxylic acids is 2. The van der Waals surface area contributed by atoms with Crippen LogP contribution in [-0.4, -0.2) is 96.0 Å². The Bertz CT molecular complexity index is 1730. The highest BCUT2D eigenvalue weighted by molar-refractivity contribution is 5.69. The summed E-state index contributed by atoms with van der Waals surface area (Å²) in [4.78, 5) is 44.7. The second-order valence-electron chi connectivity index (χ2n) is 16.3. The molecule has 10 atom stereocenters. The lowest BCUT2D eigenvalue weighted by atomic mass is 9.73. The molecule has 4 aliphatic carbocycles. The van der Waals surface area contributed by atoms with Crippen molar-refractivity contribution in [2.75, 3.05) is 26.9 Å². The van der Waals surface area contributed by atoms with Gasteiger partial charge in [-0.3, -0.25) is 0 Å². The molecule has 0 aliphatic heterocycles. The minimum absolute atomic E-state index is 0.159. The maximum absolute atomic E-state index is 11.6. The van der Waals surface area contributed by atoms with E-state index < -0.39 is 24.2 Å². The van der Waals surface area contributed by atoms with Crippen LogP contribution in [0.1, 0.15) is 94.4 Å². The van der Waals surface area contributed by atoms with Crippen molar-refractivity contribution in [1.82, 2.24) is 0 Å². The van der Waals surface area contributed by atoms with Crippen molar-refractivity contribution >= 4 is 24.2 Å². The largest absolute Gasteiger partial charge is 0.508 e. The molecule has 326 valence electrons. The van der Waals surface area contributed by atoms with Crippen LogP contribution in [0, 0.1) is 35.5 Å².